The third kappa shape index (κ3) is 3.49. The van der Waals surface area contributed by atoms with Crippen LogP contribution in [-0.2, 0) is 9.53 Å². The predicted octanol–water partition coefficient (Wildman–Crippen LogP) is 1.84. The third-order valence-electron chi connectivity index (χ3n) is 3.43. The van der Waals surface area contributed by atoms with Crippen LogP contribution in [-0.4, -0.2) is 31.3 Å². The van der Waals surface area contributed by atoms with Crippen LogP contribution in [0, 0.1) is 6.92 Å². The summed E-state index contributed by atoms with van der Waals surface area (Å²) in [6, 6.07) is 5.62. The first kappa shape index (κ1) is 14.8. The second-order valence-corrected chi connectivity index (χ2v) is 4.96. The van der Waals surface area contributed by atoms with Gasteiger partial charge in [0.1, 0.15) is 11.9 Å². The van der Waals surface area contributed by atoms with Crippen LogP contribution in [0.25, 0.3) is 0 Å². The van der Waals surface area contributed by atoms with E-state index in [0.717, 1.165) is 29.8 Å². The van der Waals surface area contributed by atoms with E-state index in [4.69, 9.17) is 15.2 Å². The minimum Gasteiger partial charge on any atom is -0.494 e. The van der Waals surface area contributed by atoms with Crippen molar-refractivity contribution in [3.63, 3.8) is 0 Å². The zero-order valence-electron chi connectivity index (χ0n) is 12.0. The van der Waals surface area contributed by atoms with Gasteiger partial charge in [-0.25, -0.2) is 0 Å². The van der Waals surface area contributed by atoms with Crippen LogP contribution in [0.15, 0.2) is 18.2 Å². The third-order valence-corrected chi connectivity index (χ3v) is 3.43. The Balaban J connectivity index is 1.97. The maximum atomic E-state index is 12.1. The summed E-state index contributed by atoms with van der Waals surface area (Å²) < 4.78 is 11.0. The van der Waals surface area contributed by atoms with Crippen LogP contribution in [0.2, 0.25) is 0 Å². The molecule has 1 fully saturated rings. The largest absolute Gasteiger partial charge is 0.494 e. The number of nitrogens with two attached hydrogens (primary N) is 1. The number of aryl methyl sites for hydroxylation is 1. The Morgan fingerprint density at radius 3 is 2.90 bits per heavy atom. The first-order chi connectivity index (χ1) is 9.63. The molecule has 0 aliphatic carbocycles. The molecular formula is C15H22N2O3. The molecule has 0 aromatic heterocycles. The highest BCUT2D eigenvalue weighted by atomic mass is 16.5. The van der Waals surface area contributed by atoms with E-state index < -0.39 is 6.10 Å². The van der Waals surface area contributed by atoms with Gasteiger partial charge in [0.15, 0.2) is 0 Å². The van der Waals surface area contributed by atoms with E-state index in [1.807, 2.05) is 32.0 Å². The number of nitrogens with one attached hydrogen (secondary N) is 1. The number of hydrogen-bond acceptors (Lipinski definition) is 4. The highest BCUT2D eigenvalue weighted by Crippen LogP contribution is 2.24. The van der Waals surface area contributed by atoms with Crippen LogP contribution < -0.4 is 15.8 Å². The molecule has 0 bridgehead atoms. The number of carbonyl (C=O) groups is 1. The number of ether oxygens (including phenoxy) is 2. The predicted molar refractivity (Wildman–Crippen MR) is 77.9 cm³/mol. The molecule has 1 aliphatic rings. The second kappa shape index (κ2) is 6.72. The number of rotatable bonds is 5. The first-order valence-electron chi connectivity index (χ1n) is 7.04. The van der Waals surface area contributed by atoms with Gasteiger partial charge in [-0.15, -0.1) is 0 Å². The summed E-state index contributed by atoms with van der Waals surface area (Å²) in [5, 5.41) is 2.91. The van der Waals surface area contributed by atoms with Crippen LogP contribution in [0.3, 0.4) is 0 Å². The topological polar surface area (TPSA) is 73.6 Å². The SMILES string of the molecule is CCOc1ccc(NC(=O)[C@@H]2CC[C@H](CN)O2)c(C)c1. The van der Waals surface area contributed by atoms with Crippen molar-refractivity contribution < 1.29 is 14.3 Å². The van der Waals surface area contributed by atoms with Crippen molar-refractivity contribution >= 4 is 11.6 Å². The van der Waals surface area contributed by atoms with Crippen LogP contribution >= 0.6 is 0 Å². The Bertz CT molecular complexity index is 476. The Morgan fingerprint density at radius 2 is 2.30 bits per heavy atom. The molecule has 110 valence electrons. The number of benzene rings is 1. The fraction of sp³-hybridized carbons (Fsp3) is 0.533. The van der Waals surface area contributed by atoms with Crippen molar-refractivity contribution in [2.24, 2.45) is 5.73 Å². The lowest BCUT2D eigenvalue weighted by Gasteiger charge is -2.14. The summed E-state index contributed by atoms with van der Waals surface area (Å²) >= 11 is 0. The van der Waals surface area contributed by atoms with Gasteiger partial charge in [-0.1, -0.05) is 0 Å². The summed E-state index contributed by atoms with van der Waals surface area (Å²) in [5.41, 5.74) is 7.31. The first-order valence-corrected chi connectivity index (χ1v) is 7.04. The van der Waals surface area contributed by atoms with Gasteiger partial charge in [0.2, 0.25) is 0 Å². The molecule has 20 heavy (non-hydrogen) atoms. The minimum absolute atomic E-state index is 0.00665. The summed E-state index contributed by atoms with van der Waals surface area (Å²) in [4.78, 5) is 12.1. The highest BCUT2D eigenvalue weighted by Gasteiger charge is 2.29. The normalized spacial score (nSPS) is 21.8. The minimum atomic E-state index is -0.394. The van der Waals surface area contributed by atoms with E-state index in [1.165, 1.54) is 0 Å². The Kier molecular flexibility index (Phi) is 4.98. The molecule has 3 N–H and O–H groups in total. The molecule has 0 unspecified atom stereocenters. The molecule has 2 rings (SSSR count). The van der Waals surface area contributed by atoms with Gasteiger partial charge in [0.05, 0.1) is 12.7 Å². The highest BCUT2D eigenvalue weighted by molar-refractivity contribution is 5.95. The summed E-state index contributed by atoms with van der Waals surface area (Å²) in [5.74, 6) is 0.705. The second-order valence-electron chi connectivity index (χ2n) is 4.96. The van der Waals surface area contributed by atoms with Crippen LogP contribution in [0.4, 0.5) is 5.69 Å². The molecule has 1 heterocycles. The van der Waals surface area contributed by atoms with Gasteiger partial charge in [0.25, 0.3) is 5.91 Å². The van der Waals surface area contributed by atoms with Crippen molar-refractivity contribution in [3.05, 3.63) is 23.8 Å². The Morgan fingerprint density at radius 1 is 1.50 bits per heavy atom. The van der Waals surface area contributed by atoms with Crippen molar-refractivity contribution in [1.82, 2.24) is 0 Å². The summed E-state index contributed by atoms with van der Waals surface area (Å²) in [6.45, 7) is 4.97. The fourth-order valence-electron chi connectivity index (χ4n) is 2.32. The number of anilines is 1. The average Bonchev–Trinajstić information content (AvgIpc) is 2.91. The Labute approximate surface area is 119 Å². The van der Waals surface area contributed by atoms with E-state index in [9.17, 15) is 4.79 Å². The average molecular weight is 278 g/mol. The van der Waals surface area contributed by atoms with Gasteiger partial charge in [-0.2, -0.15) is 0 Å². The zero-order chi connectivity index (χ0) is 14.5. The van der Waals surface area contributed by atoms with E-state index >= 15 is 0 Å². The fourth-order valence-corrected chi connectivity index (χ4v) is 2.32. The van der Waals surface area contributed by atoms with Crippen LogP contribution in [0.1, 0.15) is 25.3 Å². The lowest BCUT2D eigenvalue weighted by atomic mass is 10.1. The molecule has 5 heteroatoms. The lowest BCUT2D eigenvalue weighted by Crippen LogP contribution is -2.30. The maximum absolute atomic E-state index is 12.1. The van der Waals surface area contributed by atoms with E-state index in [1.54, 1.807) is 0 Å². The molecule has 0 spiro atoms. The van der Waals surface area contributed by atoms with Crippen LogP contribution in [0.5, 0.6) is 5.75 Å². The smallest absolute Gasteiger partial charge is 0.253 e. The molecule has 0 saturated carbocycles. The van der Waals surface area contributed by atoms with Gasteiger partial charge in [0, 0.05) is 12.2 Å². The van der Waals surface area contributed by atoms with Gasteiger partial charge in [-0.05, 0) is 50.5 Å². The molecule has 1 aliphatic heterocycles. The summed E-state index contributed by atoms with van der Waals surface area (Å²) in [7, 11) is 0. The zero-order valence-corrected chi connectivity index (χ0v) is 12.0. The van der Waals surface area contributed by atoms with E-state index in [-0.39, 0.29) is 12.0 Å². The number of hydrogen-bond donors (Lipinski definition) is 2. The molecule has 1 aromatic rings. The standard InChI is InChI=1S/C15H22N2O3/c1-3-19-11-4-6-13(10(2)8-11)17-15(18)14-7-5-12(9-16)20-14/h4,6,8,12,14H,3,5,7,9,16H2,1-2H3,(H,17,18)/t12-,14+/m1/s1. The quantitative estimate of drug-likeness (QED) is 0.862. The molecule has 2 atom stereocenters. The van der Waals surface area contributed by atoms with Gasteiger partial charge >= 0.3 is 0 Å². The van der Waals surface area contributed by atoms with E-state index in [2.05, 4.69) is 5.32 Å². The summed E-state index contributed by atoms with van der Waals surface area (Å²) in [6.07, 6.45) is 1.18. The lowest BCUT2D eigenvalue weighted by molar-refractivity contribution is -0.126. The van der Waals surface area contributed by atoms with Crippen molar-refractivity contribution in [2.75, 3.05) is 18.5 Å². The Hall–Kier alpha value is -1.59. The van der Waals surface area contributed by atoms with Gasteiger partial charge < -0.3 is 20.5 Å². The number of carbonyl (C=O) groups excluding carboxylic acids is 1. The van der Waals surface area contributed by atoms with E-state index in [0.29, 0.717) is 13.2 Å². The van der Waals surface area contributed by atoms with Crippen molar-refractivity contribution in [1.29, 1.82) is 0 Å². The van der Waals surface area contributed by atoms with Gasteiger partial charge in [-0.3, -0.25) is 4.79 Å². The maximum Gasteiger partial charge on any atom is 0.253 e. The van der Waals surface area contributed by atoms with Crippen molar-refractivity contribution in [2.45, 2.75) is 38.9 Å². The monoisotopic (exact) mass is 278 g/mol. The molecular weight excluding hydrogens is 256 g/mol. The molecule has 1 amide bonds. The molecule has 5 nitrogen and oxygen atoms in total. The molecule has 1 saturated heterocycles. The van der Waals surface area contributed by atoms with Crippen molar-refractivity contribution in [3.8, 4) is 5.75 Å². The number of amides is 1. The molecule has 1 aromatic carbocycles. The molecule has 0 radical (unpaired) electrons.